The van der Waals surface area contributed by atoms with Gasteiger partial charge < -0.3 is 14.2 Å². The van der Waals surface area contributed by atoms with E-state index in [2.05, 4.69) is 154 Å². The van der Waals surface area contributed by atoms with Gasteiger partial charge in [-0.15, -0.1) is 0 Å². The third-order valence-electron chi connectivity index (χ3n) is 12.4. The molecule has 0 aromatic carbocycles. The molecular weight excluding hydrogens is 925 g/mol. The predicted octanol–water partition coefficient (Wildman–Crippen LogP) is 20.8. The first-order valence-corrected chi connectivity index (χ1v) is 30.3. The number of carbonyl (C=O) groups is 3. The van der Waals surface area contributed by atoms with Crippen LogP contribution in [0.1, 0.15) is 252 Å². The topological polar surface area (TPSA) is 78.9 Å². The summed E-state index contributed by atoms with van der Waals surface area (Å²) in [7, 11) is 0. The Hall–Kier alpha value is -4.71. The second kappa shape index (κ2) is 61.8. The van der Waals surface area contributed by atoms with Crippen LogP contribution in [-0.2, 0) is 28.6 Å². The lowest BCUT2D eigenvalue weighted by Crippen LogP contribution is -2.30. The lowest BCUT2D eigenvalue weighted by atomic mass is 10.0. The van der Waals surface area contributed by atoms with E-state index in [9.17, 15) is 14.4 Å². The molecule has 0 fully saturated rings. The lowest BCUT2D eigenvalue weighted by molar-refractivity contribution is -0.166. The first-order valence-electron chi connectivity index (χ1n) is 30.3. The van der Waals surface area contributed by atoms with Gasteiger partial charge in [0, 0.05) is 19.3 Å². The third-order valence-corrected chi connectivity index (χ3v) is 12.4. The second-order valence-electron chi connectivity index (χ2n) is 19.5. The molecule has 0 bridgehead atoms. The summed E-state index contributed by atoms with van der Waals surface area (Å²) in [6.45, 7) is 6.33. The molecule has 75 heavy (non-hydrogen) atoms. The largest absolute Gasteiger partial charge is 0.462 e. The Bertz CT molecular complexity index is 1660. The third kappa shape index (κ3) is 60.0. The SMILES string of the molecule is CC/C=C\C/C=C\C/C=C\C/C=C\C/C=C\C/C=C\C/C=C\C/C=C\CCCCCCCCC(=O)OCC(COC(=O)CCCCCCCCCCCCCCC)OC(=O)CC/C=C\C/C=C\C/C=C\C/C=C\CC. The van der Waals surface area contributed by atoms with Crippen LogP contribution in [0.15, 0.2) is 146 Å². The van der Waals surface area contributed by atoms with Crippen LogP contribution in [0.5, 0.6) is 0 Å². The summed E-state index contributed by atoms with van der Waals surface area (Å²) < 4.78 is 16.8. The fourth-order valence-electron chi connectivity index (χ4n) is 7.88. The van der Waals surface area contributed by atoms with E-state index in [1.165, 1.54) is 77.0 Å². The number of hydrogen-bond acceptors (Lipinski definition) is 6. The normalized spacial score (nSPS) is 13.2. The Labute approximate surface area is 461 Å². The van der Waals surface area contributed by atoms with E-state index in [1.54, 1.807) is 0 Å². The Morgan fingerprint density at radius 3 is 0.867 bits per heavy atom. The molecule has 0 aromatic heterocycles. The van der Waals surface area contributed by atoms with Gasteiger partial charge in [0.1, 0.15) is 13.2 Å². The molecule has 0 saturated heterocycles. The number of esters is 3. The molecule has 0 spiro atoms. The van der Waals surface area contributed by atoms with Crippen LogP contribution in [0, 0.1) is 0 Å². The van der Waals surface area contributed by atoms with Crippen molar-refractivity contribution in [3.63, 3.8) is 0 Å². The summed E-state index contributed by atoms with van der Waals surface area (Å²) >= 11 is 0. The van der Waals surface area contributed by atoms with Crippen molar-refractivity contribution >= 4 is 17.9 Å². The van der Waals surface area contributed by atoms with Gasteiger partial charge in [0.2, 0.25) is 0 Å². The highest BCUT2D eigenvalue weighted by atomic mass is 16.6. The van der Waals surface area contributed by atoms with Crippen molar-refractivity contribution in [2.75, 3.05) is 13.2 Å². The summed E-state index contributed by atoms with van der Waals surface area (Å²) in [5.74, 6) is -1.02. The van der Waals surface area contributed by atoms with Crippen LogP contribution in [0.25, 0.3) is 0 Å². The summed E-state index contributed by atoms with van der Waals surface area (Å²) in [4.78, 5) is 38.1. The Morgan fingerprint density at radius 2 is 0.547 bits per heavy atom. The van der Waals surface area contributed by atoms with E-state index in [0.717, 1.165) is 128 Å². The Kier molecular flexibility index (Phi) is 58.0. The highest BCUT2D eigenvalue weighted by Crippen LogP contribution is 2.15. The molecule has 0 rings (SSSR count). The number of ether oxygens (including phenoxy) is 3. The van der Waals surface area contributed by atoms with Gasteiger partial charge in [0.25, 0.3) is 0 Å². The molecule has 0 amide bonds. The van der Waals surface area contributed by atoms with Crippen molar-refractivity contribution < 1.29 is 28.6 Å². The van der Waals surface area contributed by atoms with Gasteiger partial charge >= 0.3 is 17.9 Å². The van der Waals surface area contributed by atoms with E-state index in [-0.39, 0.29) is 31.6 Å². The summed E-state index contributed by atoms with van der Waals surface area (Å²) in [5, 5.41) is 0. The molecule has 0 aliphatic rings. The zero-order chi connectivity index (χ0) is 54.3. The van der Waals surface area contributed by atoms with E-state index in [0.29, 0.717) is 19.3 Å². The number of unbranched alkanes of at least 4 members (excludes halogenated alkanes) is 18. The molecular formula is C69H110O6. The first-order chi connectivity index (χ1) is 37.0. The monoisotopic (exact) mass is 1030 g/mol. The molecule has 422 valence electrons. The van der Waals surface area contributed by atoms with Gasteiger partial charge in [-0.25, -0.2) is 0 Å². The molecule has 6 nitrogen and oxygen atoms in total. The van der Waals surface area contributed by atoms with E-state index >= 15 is 0 Å². The molecule has 6 heteroatoms. The van der Waals surface area contributed by atoms with Crippen LogP contribution in [0.4, 0.5) is 0 Å². The molecule has 0 saturated carbocycles. The molecule has 0 aliphatic carbocycles. The number of allylic oxidation sites excluding steroid dienone is 24. The Morgan fingerprint density at radius 1 is 0.280 bits per heavy atom. The van der Waals surface area contributed by atoms with Crippen molar-refractivity contribution in [3.05, 3.63) is 146 Å². The van der Waals surface area contributed by atoms with Gasteiger partial charge in [-0.3, -0.25) is 14.4 Å². The van der Waals surface area contributed by atoms with Crippen LogP contribution >= 0.6 is 0 Å². The second-order valence-corrected chi connectivity index (χ2v) is 19.5. The van der Waals surface area contributed by atoms with Gasteiger partial charge in [-0.05, 0) is 109 Å². The minimum Gasteiger partial charge on any atom is -0.462 e. The molecule has 1 atom stereocenters. The molecule has 0 aliphatic heterocycles. The number of hydrogen-bond donors (Lipinski definition) is 0. The zero-order valence-electron chi connectivity index (χ0n) is 48.3. The average molecular weight is 1040 g/mol. The molecule has 1 unspecified atom stereocenters. The standard InChI is InChI=1S/C69H110O6/c1-4-7-10-13-16-19-22-25-26-27-28-29-30-31-32-33-34-35-36-37-38-39-40-41-42-45-47-50-53-56-59-62-68(71)74-65-66(75-69(72)63-60-57-54-51-48-44-24-21-18-15-12-9-6-3)64-73-67(70)61-58-55-52-49-46-43-23-20-17-14-11-8-5-2/h7,9-10,12,16,18-19,21,25-26,28-29,31-32,34-35,37-38,40-41,44,48,54,57,66H,4-6,8,11,13-15,17,20,22-24,27,30,33,36,39,42-43,45-47,49-53,55-56,58-65H2,1-3H3/b10-7-,12-9-,19-16-,21-18-,26-25-,29-28-,32-31-,35-34-,38-37-,41-40-,48-44-,57-54-. The van der Waals surface area contributed by atoms with E-state index < -0.39 is 12.1 Å². The van der Waals surface area contributed by atoms with Crippen molar-refractivity contribution in [3.8, 4) is 0 Å². The maximum Gasteiger partial charge on any atom is 0.306 e. The van der Waals surface area contributed by atoms with Gasteiger partial charge in [0.15, 0.2) is 6.10 Å². The van der Waals surface area contributed by atoms with Crippen LogP contribution < -0.4 is 0 Å². The molecule has 0 radical (unpaired) electrons. The quantitative estimate of drug-likeness (QED) is 0.0261. The smallest absolute Gasteiger partial charge is 0.306 e. The van der Waals surface area contributed by atoms with Crippen LogP contribution in [0.3, 0.4) is 0 Å². The first kappa shape index (κ1) is 70.3. The molecule has 0 N–H and O–H groups in total. The summed E-state index contributed by atoms with van der Waals surface area (Å²) in [5.41, 5.74) is 0. The lowest BCUT2D eigenvalue weighted by Gasteiger charge is -2.18. The van der Waals surface area contributed by atoms with Crippen molar-refractivity contribution in [2.45, 2.75) is 258 Å². The van der Waals surface area contributed by atoms with Crippen LogP contribution in [0.2, 0.25) is 0 Å². The van der Waals surface area contributed by atoms with Crippen molar-refractivity contribution in [1.29, 1.82) is 0 Å². The van der Waals surface area contributed by atoms with E-state index in [4.69, 9.17) is 14.2 Å². The molecule has 0 heterocycles. The van der Waals surface area contributed by atoms with Crippen molar-refractivity contribution in [2.24, 2.45) is 0 Å². The highest BCUT2D eigenvalue weighted by molar-refractivity contribution is 5.71. The van der Waals surface area contributed by atoms with E-state index in [1.807, 2.05) is 12.2 Å². The van der Waals surface area contributed by atoms with Crippen molar-refractivity contribution in [1.82, 2.24) is 0 Å². The van der Waals surface area contributed by atoms with Gasteiger partial charge in [-0.2, -0.15) is 0 Å². The van der Waals surface area contributed by atoms with Crippen LogP contribution in [-0.4, -0.2) is 37.2 Å². The maximum atomic E-state index is 12.8. The van der Waals surface area contributed by atoms with Gasteiger partial charge in [-0.1, -0.05) is 269 Å². The zero-order valence-corrected chi connectivity index (χ0v) is 48.3. The Balaban J connectivity index is 4.34. The molecule has 0 aromatic rings. The fraction of sp³-hybridized carbons (Fsp3) is 0.609. The minimum absolute atomic E-state index is 0.114. The summed E-state index contributed by atoms with van der Waals surface area (Å²) in [6, 6.07) is 0. The average Bonchev–Trinajstić information content (AvgIpc) is 3.41. The number of rotatable bonds is 53. The number of carbonyl (C=O) groups excluding carboxylic acids is 3. The highest BCUT2D eigenvalue weighted by Gasteiger charge is 2.19. The fourth-order valence-corrected chi connectivity index (χ4v) is 7.88. The minimum atomic E-state index is -0.826. The maximum absolute atomic E-state index is 12.8. The van der Waals surface area contributed by atoms with Gasteiger partial charge in [0.05, 0.1) is 0 Å². The predicted molar refractivity (Wildman–Crippen MR) is 325 cm³/mol. The summed E-state index contributed by atoms with van der Waals surface area (Å²) in [6.07, 6.45) is 88.7.